The van der Waals surface area contributed by atoms with E-state index in [0.29, 0.717) is 11.3 Å². The van der Waals surface area contributed by atoms with Crippen LogP contribution in [-0.2, 0) is 0 Å². The number of hydrogen-bond donors (Lipinski definition) is 3. The zero-order valence-corrected chi connectivity index (χ0v) is 12.1. The smallest absolute Gasteiger partial charge is 0.253 e. The fourth-order valence-electron chi connectivity index (χ4n) is 1.84. The first-order valence-electron chi connectivity index (χ1n) is 6.98. The number of nitrogens with one attached hydrogen (secondary N) is 2. The molecule has 0 saturated heterocycles. The largest absolute Gasteiger partial charge is 0.399 e. The van der Waals surface area contributed by atoms with Crippen molar-refractivity contribution < 1.29 is 4.79 Å². The van der Waals surface area contributed by atoms with Crippen molar-refractivity contribution in [3.8, 4) is 0 Å². The van der Waals surface area contributed by atoms with Crippen LogP contribution in [0.1, 0.15) is 50.4 Å². The van der Waals surface area contributed by atoms with Gasteiger partial charge < -0.3 is 16.4 Å². The number of nitrogen functional groups attached to an aromatic ring is 1. The Labute approximate surface area is 115 Å². The summed E-state index contributed by atoms with van der Waals surface area (Å²) in [5.41, 5.74) is 7.84. The minimum absolute atomic E-state index is 0.0831. The molecule has 0 aliphatic carbocycles. The second-order valence-electron chi connectivity index (χ2n) is 5.07. The number of unbranched alkanes of at least 4 members (excludes halogenated alkanes) is 2. The average Bonchev–Trinajstić information content (AvgIpc) is 2.35. The Morgan fingerprint density at radius 1 is 1.32 bits per heavy atom. The Kier molecular flexibility index (Phi) is 6.19. The molecule has 0 heterocycles. The lowest BCUT2D eigenvalue weighted by Crippen LogP contribution is -2.30. The number of carbonyl (C=O) groups excluding carboxylic acids is 1. The van der Waals surface area contributed by atoms with Crippen LogP contribution in [0.4, 0.5) is 11.4 Å². The first kappa shape index (κ1) is 15.3. The topological polar surface area (TPSA) is 67.1 Å². The number of carbonyl (C=O) groups is 1. The standard InChI is InChI=1S/C15H25N3O/c1-4-5-6-9-17-14-8-7-12(16)10-13(14)15(19)18-11(2)3/h7-8,10-11,17H,4-6,9,16H2,1-3H3,(H,18,19). The van der Waals surface area contributed by atoms with E-state index >= 15 is 0 Å². The third-order valence-electron chi connectivity index (χ3n) is 2.80. The molecular weight excluding hydrogens is 238 g/mol. The van der Waals surface area contributed by atoms with Crippen LogP contribution in [0.25, 0.3) is 0 Å². The second-order valence-corrected chi connectivity index (χ2v) is 5.07. The van der Waals surface area contributed by atoms with E-state index in [1.54, 1.807) is 6.07 Å². The summed E-state index contributed by atoms with van der Waals surface area (Å²) >= 11 is 0. The monoisotopic (exact) mass is 263 g/mol. The number of hydrogen-bond acceptors (Lipinski definition) is 3. The highest BCUT2D eigenvalue weighted by Crippen LogP contribution is 2.19. The van der Waals surface area contributed by atoms with Crippen LogP contribution in [0.3, 0.4) is 0 Å². The maximum absolute atomic E-state index is 12.1. The molecule has 0 aromatic heterocycles. The zero-order valence-electron chi connectivity index (χ0n) is 12.1. The summed E-state index contributed by atoms with van der Waals surface area (Å²) < 4.78 is 0. The fraction of sp³-hybridized carbons (Fsp3) is 0.533. The molecule has 0 bridgehead atoms. The van der Waals surface area contributed by atoms with Crippen molar-refractivity contribution in [1.82, 2.24) is 5.32 Å². The highest BCUT2D eigenvalue weighted by Gasteiger charge is 2.12. The Morgan fingerprint density at radius 3 is 2.68 bits per heavy atom. The summed E-state index contributed by atoms with van der Waals surface area (Å²) in [5, 5.41) is 6.21. The van der Waals surface area contributed by atoms with Crippen molar-refractivity contribution in [3.63, 3.8) is 0 Å². The zero-order chi connectivity index (χ0) is 14.3. The second kappa shape index (κ2) is 7.67. The number of rotatable bonds is 7. The third-order valence-corrected chi connectivity index (χ3v) is 2.80. The lowest BCUT2D eigenvalue weighted by Gasteiger charge is -2.14. The van der Waals surface area contributed by atoms with Gasteiger partial charge in [-0.15, -0.1) is 0 Å². The van der Waals surface area contributed by atoms with E-state index in [0.717, 1.165) is 18.7 Å². The van der Waals surface area contributed by atoms with Crippen LogP contribution in [0.5, 0.6) is 0 Å². The Hall–Kier alpha value is -1.71. The van der Waals surface area contributed by atoms with Crippen molar-refractivity contribution in [2.24, 2.45) is 0 Å². The third kappa shape index (κ3) is 5.20. The van der Waals surface area contributed by atoms with Crippen LogP contribution in [0.2, 0.25) is 0 Å². The molecule has 1 rings (SSSR count). The summed E-state index contributed by atoms with van der Waals surface area (Å²) in [4.78, 5) is 12.1. The molecule has 0 unspecified atom stereocenters. The van der Waals surface area contributed by atoms with Crippen molar-refractivity contribution >= 4 is 17.3 Å². The molecular formula is C15H25N3O. The quantitative estimate of drug-likeness (QED) is 0.523. The van der Waals surface area contributed by atoms with Crippen LogP contribution >= 0.6 is 0 Å². The maximum Gasteiger partial charge on any atom is 0.253 e. The van der Waals surface area contributed by atoms with Crippen molar-refractivity contribution in [2.75, 3.05) is 17.6 Å². The molecule has 1 aromatic rings. The molecule has 0 saturated carbocycles. The number of nitrogens with two attached hydrogens (primary N) is 1. The molecule has 0 aliphatic rings. The molecule has 0 fully saturated rings. The van der Waals surface area contributed by atoms with Gasteiger partial charge in [-0.2, -0.15) is 0 Å². The van der Waals surface area contributed by atoms with E-state index in [2.05, 4.69) is 17.6 Å². The van der Waals surface area contributed by atoms with Gasteiger partial charge in [0.1, 0.15) is 0 Å². The van der Waals surface area contributed by atoms with E-state index < -0.39 is 0 Å². The van der Waals surface area contributed by atoms with Crippen LogP contribution in [0.15, 0.2) is 18.2 Å². The van der Waals surface area contributed by atoms with Crippen molar-refractivity contribution in [2.45, 2.75) is 46.1 Å². The van der Waals surface area contributed by atoms with Gasteiger partial charge in [-0.1, -0.05) is 19.8 Å². The Morgan fingerprint density at radius 2 is 2.05 bits per heavy atom. The molecule has 0 aliphatic heterocycles. The van der Waals surface area contributed by atoms with Gasteiger partial charge in [0.25, 0.3) is 5.91 Å². The van der Waals surface area contributed by atoms with Gasteiger partial charge in [0.2, 0.25) is 0 Å². The summed E-state index contributed by atoms with van der Waals surface area (Å²) in [6, 6.07) is 5.52. The highest BCUT2D eigenvalue weighted by molar-refractivity contribution is 6.00. The van der Waals surface area contributed by atoms with Crippen molar-refractivity contribution in [3.05, 3.63) is 23.8 Å². The highest BCUT2D eigenvalue weighted by atomic mass is 16.1. The number of anilines is 2. The Bertz CT molecular complexity index is 416. The van der Waals surface area contributed by atoms with Gasteiger partial charge >= 0.3 is 0 Å². The van der Waals surface area contributed by atoms with Crippen LogP contribution in [-0.4, -0.2) is 18.5 Å². The predicted octanol–water partition coefficient (Wildman–Crippen LogP) is 3.01. The average molecular weight is 263 g/mol. The molecule has 0 radical (unpaired) electrons. The molecule has 0 atom stereocenters. The fourth-order valence-corrected chi connectivity index (χ4v) is 1.84. The van der Waals surface area contributed by atoms with Gasteiger partial charge in [0.05, 0.1) is 5.56 Å². The summed E-state index contributed by atoms with van der Waals surface area (Å²) in [5.74, 6) is -0.0831. The van der Waals surface area contributed by atoms with E-state index in [-0.39, 0.29) is 11.9 Å². The van der Waals surface area contributed by atoms with Crippen LogP contribution in [0, 0.1) is 0 Å². The Balaban J connectivity index is 2.76. The van der Waals surface area contributed by atoms with E-state index in [9.17, 15) is 4.79 Å². The summed E-state index contributed by atoms with van der Waals surface area (Å²) in [6.45, 7) is 6.93. The predicted molar refractivity (Wildman–Crippen MR) is 81.5 cm³/mol. The first-order chi connectivity index (χ1) is 9.04. The van der Waals surface area contributed by atoms with Gasteiger partial charge in [-0.25, -0.2) is 0 Å². The van der Waals surface area contributed by atoms with E-state index in [1.807, 2.05) is 26.0 Å². The normalized spacial score (nSPS) is 10.5. The minimum atomic E-state index is -0.0831. The van der Waals surface area contributed by atoms with Gasteiger partial charge in [0, 0.05) is 24.0 Å². The molecule has 4 N–H and O–H groups in total. The molecule has 19 heavy (non-hydrogen) atoms. The summed E-state index contributed by atoms with van der Waals surface area (Å²) in [6.07, 6.45) is 3.48. The van der Waals surface area contributed by atoms with Gasteiger partial charge in [-0.3, -0.25) is 4.79 Å². The lowest BCUT2D eigenvalue weighted by molar-refractivity contribution is 0.0944. The van der Waals surface area contributed by atoms with Crippen molar-refractivity contribution in [1.29, 1.82) is 0 Å². The van der Waals surface area contributed by atoms with Gasteiger partial charge in [-0.05, 0) is 38.5 Å². The molecule has 4 nitrogen and oxygen atoms in total. The molecule has 4 heteroatoms. The molecule has 0 spiro atoms. The maximum atomic E-state index is 12.1. The molecule has 106 valence electrons. The first-order valence-corrected chi connectivity index (χ1v) is 6.98. The van der Waals surface area contributed by atoms with Crippen LogP contribution < -0.4 is 16.4 Å². The number of benzene rings is 1. The lowest BCUT2D eigenvalue weighted by atomic mass is 10.1. The SMILES string of the molecule is CCCCCNc1ccc(N)cc1C(=O)NC(C)C. The van der Waals surface area contributed by atoms with Gasteiger partial charge in [0.15, 0.2) is 0 Å². The number of amides is 1. The van der Waals surface area contributed by atoms with E-state index in [4.69, 9.17) is 5.73 Å². The van der Waals surface area contributed by atoms with E-state index in [1.165, 1.54) is 12.8 Å². The molecule has 1 amide bonds. The summed E-state index contributed by atoms with van der Waals surface area (Å²) in [7, 11) is 0. The molecule has 1 aromatic carbocycles. The minimum Gasteiger partial charge on any atom is -0.399 e.